The van der Waals surface area contributed by atoms with Crippen LogP contribution in [-0.4, -0.2) is 48.5 Å². The molecule has 0 aromatic carbocycles. The van der Waals surface area contributed by atoms with Crippen molar-refractivity contribution < 1.29 is 9.47 Å². The number of rotatable bonds is 2. The maximum atomic E-state index is 5.93. The Hall–Kier alpha value is -1.20. The highest BCUT2D eigenvalue weighted by molar-refractivity contribution is 5.32. The number of nitrogens with zero attached hydrogens (tertiary/aromatic N) is 3. The van der Waals surface area contributed by atoms with Crippen molar-refractivity contribution in [1.29, 1.82) is 0 Å². The Balaban J connectivity index is 1.70. The minimum absolute atomic E-state index is 0.0418. The first kappa shape index (κ1) is 10.9. The number of ether oxygens (including phenoxy) is 2. The monoisotopic (exact) mass is 235 g/mol. The Kier molecular flexibility index (Phi) is 2.72. The largest absolute Gasteiger partial charge is 0.379 e. The van der Waals surface area contributed by atoms with Gasteiger partial charge in [0.15, 0.2) is 0 Å². The number of anilines is 1. The smallest absolute Gasteiger partial charge is 0.225 e. The molecule has 5 nitrogen and oxygen atoms in total. The summed E-state index contributed by atoms with van der Waals surface area (Å²) in [6, 6.07) is 1.84. The van der Waals surface area contributed by atoms with Crippen LogP contribution in [0.2, 0.25) is 0 Å². The standard InChI is InChI=1S/C12H17N3O2/c1-16-10-7-12(17-8-10)3-6-15(9-12)11-13-4-2-5-14-11/h2,4-5,10H,3,6-9H2,1H3. The molecular weight excluding hydrogens is 218 g/mol. The Bertz CT molecular complexity index is 387. The van der Waals surface area contributed by atoms with Crippen molar-refractivity contribution in [1.82, 2.24) is 9.97 Å². The predicted octanol–water partition coefficient (Wildman–Crippen LogP) is 0.861. The molecule has 2 aliphatic rings. The molecule has 0 amide bonds. The second-order valence-corrected chi connectivity index (χ2v) is 4.78. The molecule has 2 aliphatic heterocycles. The second kappa shape index (κ2) is 4.23. The fraction of sp³-hybridized carbons (Fsp3) is 0.667. The molecule has 2 saturated heterocycles. The van der Waals surface area contributed by atoms with Crippen molar-refractivity contribution in [2.45, 2.75) is 24.5 Å². The minimum Gasteiger partial charge on any atom is -0.379 e. The van der Waals surface area contributed by atoms with Crippen LogP contribution >= 0.6 is 0 Å². The zero-order valence-corrected chi connectivity index (χ0v) is 10.0. The van der Waals surface area contributed by atoms with Gasteiger partial charge in [0.05, 0.1) is 24.9 Å². The first-order valence-electron chi connectivity index (χ1n) is 6.00. The van der Waals surface area contributed by atoms with Crippen molar-refractivity contribution >= 4 is 5.95 Å². The van der Waals surface area contributed by atoms with Crippen LogP contribution in [-0.2, 0) is 9.47 Å². The van der Waals surface area contributed by atoms with E-state index in [1.807, 2.05) is 6.07 Å². The van der Waals surface area contributed by atoms with Crippen LogP contribution in [0.25, 0.3) is 0 Å². The van der Waals surface area contributed by atoms with Gasteiger partial charge in [-0.1, -0.05) is 0 Å². The average Bonchev–Trinajstić information content (AvgIpc) is 2.99. The lowest BCUT2D eigenvalue weighted by Crippen LogP contribution is -2.33. The quantitative estimate of drug-likeness (QED) is 0.761. The molecule has 3 heterocycles. The molecular formula is C12H17N3O2. The molecule has 0 saturated carbocycles. The van der Waals surface area contributed by atoms with Gasteiger partial charge in [-0.05, 0) is 12.5 Å². The van der Waals surface area contributed by atoms with E-state index >= 15 is 0 Å². The summed E-state index contributed by atoms with van der Waals surface area (Å²) in [5.41, 5.74) is -0.0418. The second-order valence-electron chi connectivity index (χ2n) is 4.78. The number of hydrogen-bond donors (Lipinski definition) is 0. The van der Waals surface area contributed by atoms with Gasteiger partial charge in [-0.15, -0.1) is 0 Å². The summed E-state index contributed by atoms with van der Waals surface area (Å²) in [5, 5.41) is 0. The van der Waals surface area contributed by atoms with E-state index in [2.05, 4.69) is 14.9 Å². The van der Waals surface area contributed by atoms with E-state index in [-0.39, 0.29) is 11.7 Å². The fourth-order valence-electron chi connectivity index (χ4n) is 2.71. The maximum Gasteiger partial charge on any atom is 0.225 e. The summed E-state index contributed by atoms with van der Waals surface area (Å²) in [5.74, 6) is 0.800. The third kappa shape index (κ3) is 2.00. The number of methoxy groups -OCH3 is 1. The average molecular weight is 235 g/mol. The predicted molar refractivity (Wildman–Crippen MR) is 63.0 cm³/mol. The highest BCUT2D eigenvalue weighted by Gasteiger charge is 2.46. The van der Waals surface area contributed by atoms with Gasteiger partial charge in [-0.2, -0.15) is 0 Å². The van der Waals surface area contributed by atoms with Crippen LogP contribution < -0.4 is 4.90 Å². The molecule has 0 radical (unpaired) electrons. The van der Waals surface area contributed by atoms with Crippen LogP contribution in [0, 0.1) is 0 Å². The maximum absolute atomic E-state index is 5.93. The summed E-state index contributed by atoms with van der Waals surface area (Å²) in [6.45, 7) is 2.54. The Morgan fingerprint density at radius 2 is 2.29 bits per heavy atom. The molecule has 92 valence electrons. The zero-order valence-electron chi connectivity index (χ0n) is 10.0. The van der Waals surface area contributed by atoms with Crippen molar-refractivity contribution in [3.05, 3.63) is 18.5 Å². The molecule has 1 spiro atoms. The Morgan fingerprint density at radius 3 is 3.00 bits per heavy atom. The third-order valence-corrected chi connectivity index (χ3v) is 3.66. The van der Waals surface area contributed by atoms with Crippen molar-refractivity contribution in [3.8, 4) is 0 Å². The van der Waals surface area contributed by atoms with E-state index in [1.54, 1.807) is 19.5 Å². The van der Waals surface area contributed by atoms with Crippen molar-refractivity contribution in [3.63, 3.8) is 0 Å². The van der Waals surface area contributed by atoms with Crippen LogP contribution in [0.15, 0.2) is 18.5 Å². The minimum atomic E-state index is -0.0418. The lowest BCUT2D eigenvalue weighted by atomic mass is 9.98. The fourth-order valence-corrected chi connectivity index (χ4v) is 2.71. The zero-order chi connectivity index (χ0) is 11.7. The van der Waals surface area contributed by atoms with Crippen molar-refractivity contribution in [2.24, 2.45) is 0 Å². The van der Waals surface area contributed by atoms with E-state index < -0.39 is 0 Å². The molecule has 0 bridgehead atoms. The number of hydrogen-bond acceptors (Lipinski definition) is 5. The lowest BCUT2D eigenvalue weighted by Gasteiger charge is -2.23. The molecule has 17 heavy (non-hydrogen) atoms. The van der Waals surface area contributed by atoms with Gasteiger partial charge in [0.1, 0.15) is 0 Å². The molecule has 3 rings (SSSR count). The van der Waals surface area contributed by atoms with Crippen LogP contribution in [0.4, 0.5) is 5.95 Å². The van der Waals surface area contributed by atoms with E-state index in [1.165, 1.54) is 0 Å². The van der Waals surface area contributed by atoms with Gasteiger partial charge in [0.25, 0.3) is 0 Å². The first-order chi connectivity index (χ1) is 8.31. The topological polar surface area (TPSA) is 47.5 Å². The third-order valence-electron chi connectivity index (χ3n) is 3.66. The Morgan fingerprint density at radius 1 is 1.47 bits per heavy atom. The summed E-state index contributed by atoms with van der Waals surface area (Å²) in [7, 11) is 1.75. The molecule has 0 N–H and O–H groups in total. The highest BCUT2D eigenvalue weighted by Crippen LogP contribution is 2.36. The van der Waals surface area contributed by atoms with Gasteiger partial charge in [-0.25, -0.2) is 9.97 Å². The summed E-state index contributed by atoms with van der Waals surface area (Å²) >= 11 is 0. The van der Waals surface area contributed by atoms with E-state index in [4.69, 9.17) is 9.47 Å². The van der Waals surface area contributed by atoms with Gasteiger partial charge in [-0.3, -0.25) is 0 Å². The van der Waals surface area contributed by atoms with Crippen LogP contribution in [0.5, 0.6) is 0 Å². The van der Waals surface area contributed by atoms with Crippen LogP contribution in [0.1, 0.15) is 12.8 Å². The highest BCUT2D eigenvalue weighted by atomic mass is 16.6. The molecule has 2 atom stereocenters. The van der Waals surface area contributed by atoms with E-state index in [0.29, 0.717) is 6.61 Å². The molecule has 5 heteroatoms. The first-order valence-corrected chi connectivity index (χ1v) is 6.00. The number of aromatic nitrogens is 2. The van der Waals surface area contributed by atoms with Gasteiger partial charge < -0.3 is 14.4 Å². The van der Waals surface area contributed by atoms with E-state index in [9.17, 15) is 0 Å². The normalized spacial score (nSPS) is 32.5. The molecule has 2 fully saturated rings. The van der Waals surface area contributed by atoms with E-state index in [0.717, 1.165) is 31.9 Å². The molecule has 1 aromatic rings. The van der Waals surface area contributed by atoms with Gasteiger partial charge in [0, 0.05) is 32.5 Å². The van der Waals surface area contributed by atoms with Crippen LogP contribution in [0.3, 0.4) is 0 Å². The van der Waals surface area contributed by atoms with Crippen molar-refractivity contribution in [2.75, 3.05) is 31.7 Å². The SMILES string of the molecule is COC1COC2(CCN(c3ncccn3)C2)C1. The molecule has 0 aliphatic carbocycles. The molecule has 2 unspecified atom stereocenters. The summed E-state index contributed by atoms with van der Waals surface area (Å²) in [6.07, 6.45) is 5.81. The Labute approximate surface area is 101 Å². The van der Waals surface area contributed by atoms with Gasteiger partial charge in [0.2, 0.25) is 5.95 Å². The summed E-state index contributed by atoms with van der Waals surface area (Å²) < 4.78 is 11.3. The van der Waals surface area contributed by atoms with Gasteiger partial charge >= 0.3 is 0 Å². The molecule has 1 aromatic heterocycles. The lowest BCUT2D eigenvalue weighted by molar-refractivity contribution is 0.0154. The summed E-state index contributed by atoms with van der Waals surface area (Å²) in [4.78, 5) is 10.8.